The number of hydrogen-bond donors (Lipinski definition) is 5. The third-order valence-corrected chi connectivity index (χ3v) is 8.66. The van der Waals surface area contributed by atoms with Crippen LogP contribution in [-0.2, 0) is 111 Å². The number of carbonyl (C=O) groups excluding carboxylic acids is 4. The maximum Gasteiger partial charge on any atom is 0.337 e. The van der Waals surface area contributed by atoms with Crippen LogP contribution in [0.2, 0.25) is 0 Å². The number of nitrogens with one attached hydrogen (secondary N) is 2. The minimum Gasteiger partial charge on any atom is -0.632 e. The van der Waals surface area contributed by atoms with E-state index < -0.39 is 98.1 Å². The van der Waals surface area contributed by atoms with Gasteiger partial charge in [0.2, 0.25) is 24.8 Å². The third kappa shape index (κ3) is 11.1. The van der Waals surface area contributed by atoms with Crippen molar-refractivity contribution in [3.63, 3.8) is 0 Å². The van der Waals surface area contributed by atoms with Crippen LogP contribution in [0.15, 0.2) is 36.4 Å². The second-order valence-corrected chi connectivity index (χ2v) is 12.4. The number of methoxy groups -OCH3 is 2. The molecule has 19 nitrogen and oxygen atoms in total. The Balaban J connectivity index is 0.00000504. The summed E-state index contributed by atoms with van der Waals surface area (Å²) in [7, 11) is 2.12. The van der Waals surface area contributed by atoms with E-state index in [4.69, 9.17) is 39.9 Å². The maximum absolute atomic E-state index is 12.1. The molecule has 2 aromatic rings. The number of ether oxygens (including phenoxy) is 8. The fourth-order valence-corrected chi connectivity index (χ4v) is 5.59. The molecule has 2 aromatic carbocycles. The van der Waals surface area contributed by atoms with Crippen LogP contribution in [0.1, 0.15) is 42.5 Å². The summed E-state index contributed by atoms with van der Waals surface area (Å²) in [5.74, 6) is -1.89. The molecular weight excluding hydrogens is 921 g/mol. The molecule has 2 fully saturated rings. The van der Waals surface area contributed by atoms with Crippen LogP contribution in [0.5, 0.6) is 11.5 Å². The summed E-state index contributed by atoms with van der Waals surface area (Å²) in [5.41, 5.74) is 15.1. The molecule has 9 atom stereocenters. The van der Waals surface area contributed by atoms with Crippen molar-refractivity contribution in [1.29, 1.82) is 0 Å². The maximum atomic E-state index is 12.1. The summed E-state index contributed by atoms with van der Waals surface area (Å²) < 4.78 is 41.7. The van der Waals surface area contributed by atoms with Gasteiger partial charge in [0, 0.05) is 77.6 Å². The molecular formula is C33H40Cd2N2O17-2. The normalized spacial score (nSPS) is 26.5. The van der Waals surface area contributed by atoms with Gasteiger partial charge in [0.1, 0.15) is 49.1 Å². The summed E-state index contributed by atoms with van der Waals surface area (Å²) in [6.07, 6.45) is -17.6. The van der Waals surface area contributed by atoms with Gasteiger partial charge in [0.25, 0.3) is 0 Å². The van der Waals surface area contributed by atoms with Gasteiger partial charge in [-0.15, -0.1) is 0 Å². The molecule has 2 heterocycles. The molecule has 4 rings (SSSR count). The number of hydrogen-bond acceptors (Lipinski definition) is 17. The predicted molar refractivity (Wildman–Crippen MR) is 171 cm³/mol. The van der Waals surface area contributed by atoms with Crippen molar-refractivity contribution in [3.8, 4) is 11.5 Å². The average Bonchev–Trinajstić information content (AvgIpc) is 3.11. The summed E-state index contributed by atoms with van der Waals surface area (Å²) in [6.45, 7) is 2.72. The van der Waals surface area contributed by atoms with Crippen molar-refractivity contribution in [2.45, 2.75) is 94.2 Å². The zero-order chi connectivity index (χ0) is 38.5. The molecule has 0 unspecified atom stereocenters. The van der Waals surface area contributed by atoms with Crippen LogP contribution in [0, 0.1) is 0 Å². The number of benzene rings is 2. The molecule has 21 heteroatoms. The van der Waals surface area contributed by atoms with Crippen LogP contribution in [0.3, 0.4) is 0 Å². The average molecular weight is 962 g/mol. The molecule has 290 valence electrons. The van der Waals surface area contributed by atoms with Gasteiger partial charge in [-0.2, -0.15) is 0 Å². The number of aliphatic hydroxyl groups excluding tert-OH is 5. The fraction of sp³-hybridized carbons (Fsp3) is 0.515. The Morgan fingerprint density at radius 1 is 0.704 bits per heavy atom. The van der Waals surface area contributed by atoms with Crippen molar-refractivity contribution in [3.05, 3.63) is 70.1 Å². The van der Waals surface area contributed by atoms with Crippen molar-refractivity contribution < 1.29 is 137 Å². The molecule has 0 bridgehead atoms. The molecule has 0 saturated carbocycles. The van der Waals surface area contributed by atoms with Gasteiger partial charge >= 0.3 is 11.9 Å². The Morgan fingerprint density at radius 3 is 1.63 bits per heavy atom. The molecule has 0 spiro atoms. The van der Waals surface area contributed by atoms with Crippen LogP contribution in [0.25, 0.3) is 11.5 Å². The standard InChI is InChI=1S/C33H42N2O17.2Cd/c1-33(2,16-5-7-19(14(9-16)12-47-31(34)43)49-21-11-18(36)22(37)26(51-21)28(41)45-3)17-6-8-20(15(10-17)13-48-32(35)44)50-30-25(40)23(38)24(39)27(52-30)29(42)46-4;;/h5-10,18,21-27,30,36-40H,11-13H2,1-4H3,(H4,34,35,43,44);;/p-2/t18-,21-,22+,23+,24+,25-,26+,27+,30-;;/m1../s1. The molecule has 0 radical (unpaired) electrons. The first-order valence-corrected chi connectivity index (χ1v) is 15.7. The molecule has 0 aliphatic carbocycles. The molecule has 0 aromatic heterocycles. The van der Waals surface area contributed by atoms with Gasteiger partial charge in [-0.05, 0) is 35.4 Å². The molecule has 7 N–H and O–H groups in total. The van der Waals surface area contributed by atoms with Gasteiger partial charge in [0.05, 0.1) is 20.3 Å². The summed E-state index contributed by atoms with van der Waals surface area (Å²) >= 11 is 0. The summed E-state index contributed by atoms with van der Waals surface area (Å²) in [5, 5.41) is 51.6. The fourth-order valence-electron chi connectivity index (χ4n) is 5.59. The van der Waals surface area contributed by atoms with Gasteiger partial charge in [0.15, 0.2) is 12.2 Å². The topological polar surface area (TPSA) is 291 Å². The Kier molecular flexibility index (Phi) is 17.8. The van der Waals surface area contributed by atoms with E-state index in [1.165, 1.54) is 12.1 Å². The largest absolute Gasteiger partial charge is 0.632 e. The SMILES string of the molecule is COC(=O)[C@H]1O[C@@H](Oc2ccc(C(C)(C)c3ccc(O[C@H]4C[C@@H](O)[C@H](O)[C@@H](C(=O)OC)O4)c(COC([NH-])=O)c3)cc2COC([NH-])=O)[C@H](O)[C@@H](O)[C@@H]1O.[Cd].[Cd]. The van der Waals surface area contributed by atoms with Crippen molar-refractivity contribution in [2.24, 2.45) is 0 Å². The second-order valence-electron chi connectivity index (χ2n) is 12.4. The minimum absolute atomic E-state index is 0. The summed E-state index contributed by atoms with van der Waals surface area (Å²) in [4.78, 5) is 47.1. The van der Waals surface area contributed by atoms with Crippen LogP contribution in [-0.4, -0.2) is 119 Å². The first kappa shape index (κ1) is 47.2. The first-order valence-electron chi connectivity index (χ1n) is 15.7. The molecule has 54 heavy (non-hydrogen) atoms. The Bertz CT molecular complexity index is 1630. The van der Waals surface area contributed by atoms with E-state index >= 15 is 0 Å². The predicted octanol–water partition coefficient (Wildman–Crippen LogP) is 1.13. The van der Waals surface area contributed by atoms with Gasteiger partial charge in [-0.1, -0.05) is 26.0 Å². The van der Waals surface area contributed by atoms with E-state index in [1.807, 2.05) is 13.8 Å². The minimum atomic E-state index is -1.86. The monoisotopic (exact) mass is 964 g/mol. The first-order chi connectivity index (χ1) is 24.5. The van der Waals surface area contributed by atoms with Crippen molar-refractivity contribution in [2.75, 3.05) is 14.2 Å². The van der Waals surface area contributed by atoms with Crippen molar-refractivity contribution >= 4 is 24.1 Å². The zero-order valence-electron chi connectivity index (χ0n) is 29.8. The number of aliphatic hydroxyl groups is 5. The second kappa shape index (κ2) is 20.3. The molecule has 2 aliphatic heterocycles. The smallest absolute Gasteiger partial charge is 0.337 e. The van der Waals surface area contributed by atoms with Gasteiger partial charge in [-0.25, -0.2) is 9.59 Å². The summed E-state index contributed by atoms with van der Waals surface area (Å²) in [6, 6.07) is 9.40. The molecule has 2 aliphatic rings. The van der Waals surface area contributed by atoms with E-state index in [0.29, 0.717) is 11.1 Å². The zero-order valence-corrected chi connectivity index (χ0v) is 37.9. The van der Waals surface area contributed by atoms with Gasteiger partial charge in [-0.3, -0.25) is 9.59 Å². The Labute approximate surface area is 349 Å². The molecule has 2 saturated heterocycles. The Morgan fingerprint density at radius 2 is 1.17 bits per heavy atom. The number of amides is 2. The van der Waals surface area contributed by atoms with Gasteiger partial charge < -0.3 is 74.9 Å². The number of rotatable bonds is 12. The van der Waals surface area contributed by atoms with Crippen LogP contribution >= 0.6 is 0 Å². The van der Waals surface area contributed by atoms with E-state index in [9.17, 15) is 44.7 Å². The van der Waals surface area contributed by atoms with Crippen LogP contribution < -0.4 is 9.47 Å². The van der Waals surface area contributed by atoms with E-state index in [-0.39, 0.29) is 83.6 Å². The number of esters is 2. The number of carbonyl (C=O) groups is 4. The van der Waals surface area contributed by atoms with E-state index in [0.717, 1.165) is 14.2 Å². The van der Waals surface area contributed by atoms with Crippen molar-refractivity contribution in [1.82, 2.24) is 0 Å². The quantitative estimate of drug-likeness (QED) is 0.113. The van der Waals surface area contributed by atoms with E-state index in [2.05, 4.69) is 9.47 Å². The van der Waals surface area contributed by atoms with Crippen LogP contribution in [0.4, 0.5) is 9.59 Å². The Hall–Kier alpha value is -2.92. The van der Waals surface area contributed by atoms with E-state index in [1.54, 1.807) is 24.3 Å². The third-order valence-electron chi connectivity index (χ3n) is 8.66. The molecule has 2 amide bonds.